The molecule has 0 unspecified atom stereocenters. The highest BCUT2D eigenvalue weighted by Crippen LogP contribution is 2.21. The number of rotatable bonds is 6. The first kappa shape index (κ1) is 19.8. The second-order valence-corrected chi connectivity index (χ2v) is 8.64. The van der Waals surface area contributed by atoms with E-state index in [9.17, 15) is 18.0 Å². The number of amides is 1. The van der Waals surface area contributed by atoms with Gasteiger partial charge in [-0.1, -0.05) is 22.9 Å². The zero-order valence-corrected chi connectivity index (χ0v) is 16.1. The average Bonchev–Trinajstić information content (AvgIpc) is 2.83. The maximum absolute atomic E-state index is 12.0. The molecule has 0 saturated heterocycles. The smallest absolute Gasteiger partial charge is 0.264 e. The minimum Gasteiger partial charge on any atom is -0.380 e. The molecule has 0 radical (unpaired) electrons. The Morgan fingerprint density at radius 2 is 2.08 bits per heavy atom. The summed E-state index contributed by atoms with van der Waals surface area (Å²) in [5.74, 6) is -1.83. The van der Waals surface area contributed by atoms with Gasteiger partial charge in [0, 0.05) is 25.1 Å². The fraction of sp³-hybridized carbons (Fsp3) is 0.400. The number of hydrogen-bond donors (Lipinski definition) is 0. The predicted octanol–water partition coefficient (Wildman–Crippen LogP) is 1.78. The highest BCUT2D eigenvalue weighted by molar-refractivity contribution is 8.06. The minimum absolute atomic E-state index is 0.334. The van der Waals surface area contributed by atoms with Crippen molar-refractivity contribution in [2.45, 2.75) is 20.4 Å². The van der Waals surface area contributed by atoms with Crippen molar-refractivity contribution in [1.82, 2.24) is 4.57 Å². The molecule has 2 rings (SSSR count). The number of thiazole rings is 1. The van der Waals surface area contributed by atoms with Crippen molar-refractivity contribution >= 4 is 54.0 Å². The van der Waals surface area contributed by atoms with E-state index in [0.717, 1.165) is 17.1 Å². The van der Waals surface area contributed by atoms with Crippen molar-refractivity contribution in [2.24, 2.45) is 4.99 Å². The van der Waals surface area contributed by atoms with Gasteiger partial charge in [0.1, 0.15) is 5.75 Å². The molecule has 0 N–H and O–H groups in total. The lowest BCUT2D eigenvalue weighted by Crippen LogP contribution is -2.24. The average molecular weight is 405 g/mol. The summed E-state index contributed by atoms with van der Waals surface area (Å²) in [4.78, 5) is 27.3. The first-order chi connectivity index (χ1) is 11.7. The largest absolute Gasteiger partial charge is 0.380 e. The zero-order valence-electron chi connectivity index (χ0n) is 13.7. The maximum Gasteiger partial charge on any atom is 0.264 e. The van der Waals surface area contributed by atoms with Gasteiger partial charge in [-0.05, 0) is 25.1 Å². The number of ether oxygens (including phenoxy) is 1. The highest BCUT2D eigenvalue weighted by atomic mass is 35.5. The summed E-state index contributed by atoms with van der Waals surface area (Å²) >= 11 is 7.21. The molecule has 0 aliphatic rings. The zero-order chi connectivity index (χ0) is 18.6. The molecule has 2 aromatic rings. The van der Waals surface area contributed by atoms with E-state index in [0.29, 0.717) is 29.6 Å². The van der Waals surface area contributed by atoms with Crippen molar-refractivity contribution in [1.29, 1.82) is 0 Å². The van der Waals surface area contributed by atoms with Gasteiger partial charge < -0.3 is 9.30 Å². The Labute approximate surface area is 153 Å². The van der Waals surface area contributed by atoms with E-state index in [1.165, 1.54) is 11.3 Å². The molecular weight excluding hydrogens is 388 g/mol. The molecule has 25 heavy (non-hydrogen) atoms. The monoisotopic (exact) mass is 404 g/mol. The number of carbonyl (C=O) groups is 2. The lowest BCUT2D eigenvalue weighted by molar-refractivity contribution is -0.116. The molecule has 0 fully saturated rings. The van der Waals surface area contributed by atoms with Gasteiger partial charge in [0.05, 0.1) is 16.8 Å². The molecule has 0 aliphatic carbocycles. The Balaban J connectivity index is 2.46. The summed E-state index contributed by atoms with van der Waals surface area (Å²) in [5, 5.41) is -0.508. The van der Waals surface area contributed by atoms with Gasteiger partial charge in [0.15, 0.2) is 4.80 Å². The number of halogens is 1. The van der Waals surface area contributed by atoms with E-state index in [2.05, 4.69) is 4.99 Å². The minimum atomic E-state index is -4.12. The molecule has 0 bridgehead atoms. The van der Waals surface area contributed by atoms with Crippen LogP contribution in [-0.2, 0) is 30.7 Å². The molecule has 10 heteroatoms. The Hall–Kier alpha value is -1.55. The molecular formula is C15H17ClN2O5S2. The van der Waals surface area contributed by atoms with E-state index in [1.807, 2.05) is 6.92 Å². The maximum atomic E-state index is 12.0. The number of benzene rings is 1. The second kappa shape index (κ2) is 8.22. The quantitative estimate of drug-likeness (QED) is 0.684. The third kappa shape index (κ3) is 4.97. The van der Waals surface area contributed by atoms with E-state index in [4.69, 9.17) is 16.3 Å². The summed E-state index contributed by atoms with van der Waals surface area (Å²) in [6.45, 7) is 4.19. The van der Waals surface area contributed by atoms with Crippen LogP contribution in [0.25, 0.3) is 10.2 Å². The summed E-state index contributed by atoms with van der Waals surface area (Å²) in [6.07, 6.45) is 0. The van der Waals surface area contributed by atoms with Crippen LogP contribution in [0.15, 0.2) is 23.2 Å². The molecule has 7 nitrogen and oxygen atoms in total. The van der Waals surface area contributed by atoms with Gasteiger partial charge in [0.2, 0.25) is 15.0 Å². The number of fused-ring (bicyclic) bond motifs is 1. The van der Waals surface area contributed by atoms with Crippen LogP contribution in [0.1, 0.15) is 13.8 Å². The number of nitrogens with zero attached hydrogens (tertiary/aromatic N) is 2. The lowest BCUT2D eigenvalue weighted by atomic mass is 10.3. The number of hydrogen-bond acceptors (Lipinski definition) is 6. The molecule has 0 spiro atoms. The lowest BCUT2D eigenvalue weighted by Gasteiger charge is -2.05. The third-order valence-electron chi connectivity index (χ3n) is 3.28. The fourth-order valence-corrected chi connectivity index (χ4v) is 3.99. The van der Waals surface area contributed by atoms with Crippen LogP contribution in [0.4, 0.5) is 0 Å². The molecule has 1 heterocycles. The highest BCUT2D eigenvalue weighted by Gasteiger charge is 2.21. The topological polar surface area (TPSA) is 94.8 Å². The Morgan fingerprint density at radius 3 is 2.72 bits per heavy atom. The van der Waals surface area contributed by atoms with Gasteiger partial charge in [-0.3, -0.25) is 9.59 Å². The van der Waals surface area contributed by atoms with Crippen molar-refractivity contribution in [3.05, 3.63) is 28.0 Å². The van der Waals surface area contributed by atoms with Crippen LogP contribution in [0.2, 0.25) is 5.02 Å². The molecule has 0 atom stereocenters. The number of sulfone groups is 1. The van der Waals surface area contributed by atoms with Gasteiger partial charge >= 0.3 is 0 Å². The van der Waals surface area contributed by atoms with Gasteiger partial charge in [-0.15, -0.1) is 0 Å². The van der Waals surface area contributed by atoms with Gasteiger partial charge in [-0.2, -0.15) is 4.99 Å². The van der Waals surface area contributed by atoms with Crippen LogP contribution in [-0.4, -0.2) is 43.0 Å². The van der Waals surface area contributed by atoms with Crippen molar-refractivity contribution in [3.8, 4) is 0 Å². The van der Waals surface area contributed by atoms with Crippen molar-refractivity contribution in [3.63, 3.8) is 0 Å². The fourth-order valence-electron chi connectivity index (χ4n) is 2.05. The molecule has 1 amide bonds. The Kier molecular flexibility index (Phi) is 6.50. The first-order valence-corrected chi connectivity index (χ1v) is 10.3. The van der Waals surface area contributed by atoms with Gasteiger partial charge in [-0.25, -0.2) is 8.42 Å². The summed E-state index contributed by atoms with van der Waals surface area (Å²) in [6, 6.07) is 5.27. The summed E-state index contributed by atoms with van der Waals surface area (Å²) < 4.78 is 31.1. The van der Waals surface area contributed by atoms with Gasteiger partial charge in [0.25, 0.3) is 5.91 Å². The van der Waals surface area contributed by atoms with E-state index in [1.54, 1.807) is 22.8 Å². The molecule has 0 aliphatic heterocycles. The normalized spacial score (nSPS) is 12.7. The van der Waals surface area contributed by atoms with E-state index < -0.39 is 26.6 Å². The van der Waals surface area contributed by atoms with Crippen molar-refractivity contribution < 1.29 is 22.7 Å². The second-order valence-electron chi connectivity index (χ2n) is 5.10. The molecule has 1 aromatic carbocycles. The molecule has 1 aromatic heterocycles. The standard InChI is InChI=1S/C15H17ClN2O5S2/c1-3-23-7-6-18-12-5-4-11(16)8-13(12)24-15(18)17-14(20)9-25(21,22)10(2)19/h4-5,8H,3,6-7,9H2,1-2H3. The molecule has 0 saturated carbocycles. The third-order valence-corrected chi connectivity index (χ3v) is 6.06. The van der Waals surface area contributed by atoms with E-state index in [-0.39, 0.29) is 0 Å². The van der Waals surface area contributed by atoms with Crippen LogP contribution in [0.3, 0.4) is 0 Å². The summed E-state index contributed by atoms with van der Waals surface area (Å²) in [7, 11) is -4.12. The number of carbonyl (C=O) groups excluding carboxylic acids is 2. The first-order valence-electron chi connectivity index (χ1n) is 7.42. The number of aromatic nitrogens is 1. The Bertz CT molecular complexity index is 975. The Morgan fingerprint density at radius 1 is 1.36 bits per heavy atom. The summed E-state index contributed by atoms with van der Waals surface area (Å²) in [5.41, 5.74) is 0.815. The van der Waals surface area contributed by atoms with E-state index >= 15 is 0 Å². The predicted molar refractivity (Wildman–Crippen MR) is 96.4 cm³/mol. The molecule has 136 valence electrons. The van der Waals surface area contributed by atoms with Crippen LogP contribution in [0, 0.1) is 0 Å². The van der Waals surface area contributed by atoms with Crippen LogP contribution in [0.5, 0.6) is 0 Å². The van der Waals surface area contributed by atoms with Crippen LogP contribution >= 0.6 is 22.9 Å². The van der Waals surface area contributed by atoms with Crippen molar-refractivity contribution in [2.75, 3.05) is 19.0 Å². The SMILES string of the molecule is CCOCCn1c(=NC(=O)CS(=O)(=O)C(C)=O)sc2cc(Cl)ccc21. The van der Waals surface area contributed by atoms with Crippen LogP contribution < -0.4 is 4.80 Å².